The fraction of sp³-hybridized carbons (Fsp3) is 0.500. The first-order chi connectivity index (χ1) is 15.8. The van der Waals surface area contributed by atoms with E-state index in [2.05, 4.69) is 10.2 Å². The van der Waals surface area contributed by atoms with Gasteiger partial charge >= 0.3 is 0 Å². The molecule has 3 heterocycles. The molecule has 0 saturated carbocycles. The van der Waals surface area contributed by atoms with E-state index in [9.17, 15) is 9.18 Å². The number of benzene rings is 1. The number of amides is 1. The third kappa shape index (κ3) is 4.63. The lowest BCUT2D eigenvalue weighted by molar-refractivity contribution is -0.126. The Kier molecular flexibility index (Phi) is 6.14. The molecule has 2 aromatic rings. The molecule has 2 fully saturated rings. The number of allylic oxidation sites excluding steroid dienone is 4. The predicted molar refractivity (Wildman–Crippen MR) is 130 cm³/mol. The molecule has 2 saturated heterocycles. The first-order valence-corrected chi connectivity index (χ1v) is 12.1. The molecule has 1 unspecified atom stereocenters. The van der Waals surface area contributed by atoms with Crippen LogP contribution in [0.5, 0.6) is 0 Å². The number of aromatic nitrogens is 2. The zero-order valence-corrected chi connectivity index (χ0v) is 20.0. The quantitative estimate of drug-likeness (QED) is 0.652. The highest BCUT2D eigenvalue weighted by Gasteiger charge is 2.32. The summed E-state index contributed by atoms with van der Waals surface area (Å²) in [5.41, 5.74) is 0.859. The SMILES string of the molecule is CC1(F)C=CC=C(n2c(N3CCC(C(=O)N[C@@H]4CCOC4)CC3)nc3cc(Cl)c(Cl)cc32)C1. The van der Waals surface area contributed by atoms with Crippen molar-refractivity contribution in [3.8, 4) is 0 Å². The van der Waals surface area contributed by atoms with Crippen molar-refractivity contribution in [3.05, 3.63) is 40.4 Å². The van der Waals surface area contributed by atoms with E-state index < -0.39 is 5.67 Å². The van der Waals surface area contributed by atoms with Crippen molar-refractivity contribution in [2.45, 2.75) is 44.3 Å². The summed E-state index contributed by atoms with van der Waals surface area (Å²) in [6, 6.07) is 3.65. The van der Waals surface area contributed by atoms with Gasteiger partial charge in [0, 0.05) is 37.7 Å². The normalized spacial score (nSPS) is 26.1. The highest BCUT2D eigenvalue weighted by molar-refractivity contribution is 6.42. The average Bonchev–Trinajstić information content (AvgIpc) is 3.41. The molecular formula is C24H27Cl2FN4O2. The second kappa shape index (κ2) is 8.93. The minimum absolute atomic E-state index is 0.0328. The Balaban J connectivity index is 1.42. The first kappa shape index (κ1) is 22.7. The Morgan fingerprint density at radius 3 is 2.70 bits per heavy atom. The molecule has 1 aliphatic carbocycles. The molecule has 176 valence electrons. The van der Waals surface area contributed by atoms with Crippen molar-refractivity contribution in [1.29, 1.82) is 0 Å². The number of anilines is 1. The number of carbonyl (C=O) groups excluding carboxylic acids is 1. The van der Waals surface area contributed by atoms with Gasteiger partial charge in [-0.25, -0.2) is 9.37 Å². The van der Waals surface area contributed by atoms with Crippen LogP contribution in [0.15, 0.2) is 30.4 Å². The van der Waals surface area contributed by atoms with Crippen LogP contribution in [0.3, 0.4) is 0 Å². The van der Waals surface area contributed by atoms with Crippen LogP contribution >= 0.6 is 23.2 Å². The van der Waals surface area contributed by atoms with Crippen molar-refractivity contribution in [3.63, 3.8) is 0 Å². The summed E-state index contributed by atoms with van der Waals surface area (Å²) in [5.74, 6) is 0.795. The number of ether oxygens (including phenoxy) is 1. The van der Waals surface area contributed by atoms with Crippen LogP contribution < -0.4 is 10.2 Å². The van der Waals surface area contributed by atoms with Crippen LogP contribution in [0.25, 0.3) is 16.7 Å². The van der Waals surface area contributed by atoms with Gasteiger partial charge in [0.25, 0.3) is 0 Å². The maximum atomic E-state index is 14.9. The van der Waals surface area contributed by atoms with Gasteiger partial charge < -0.3 is 15.0 Å². The molecule has 2 atom stereocenters. The number of nitrogens with one attached hydrogen (secondary N) is 1. The molecule has 33 heavy (non-hydrogen) atoms. The van der Waals surface area contributed by atoms with Crippen molar-refractivity contribution in [2.75, 3.05) is 31.2 Å². The average molecular weight is 493 g/mol. The number of imidazole rings is 1. The van der Waals surface area contributed by atoms with Crippen LogP contribution in [0.2, 0.25) is 10.0 Å². The van der Waals surface area contributed by atoms with Crippen LogP contribution in [-0.4, -0.2) is 53.5 Å². The molecule has 1 aromatic heterocycles. The number of carbonyl (C=O) groups is 1. The summed E-state index contributed by atoms with van der Waals surface area (Å²) in [6.45, 7) is 4.23. The molecule has 0 bridgehead atoms. The number of alkyl halides is 1. The van der Waals surface area contributed by atoms with E-state index >= 15 is 0 Å². The third-order valence-electron chi connectivity index (χ3n) is 6.65. The van der Waals surface area contributed by atoms with Crippen LogP contribution in [0.4, 0.5) is 10.3 Å². The Morgan fingerprint density at radius 2 is 2.00 bits per heavy atom. The maximum absolute atomic E-state index is 14.9. The minimum atomic E-state index is -1.44. The van der Waals surface area contributed by atoms with Crippen molar-refractivity contribution in [1.82, 2.24) is 14.9 Å². The number of nitrogens with zero attached hydrogens (tertiary/aromatic N) is 3. The molecule has 3 aliphatic rings. The molecule has 9 heteroatoms. The molecular weight excluding hydrogens is 466 g/mol. The van der Waals surface area contributed by atoms with Gasteiger partial charge in [0.1, 0.15) is 5.67 Å². The molecule has 5 rings (SSSR count). The topological polar surface area (TPSA) is 59.4 Å². The molecule has 1 amide bonds. The summed E-state index contributed by atoms with van der Waals surface area (Å²) >= 11 is 12.6. The van der Waals surface area contributed by atoms with Crippen LogP contribution in [0.1, 0.15) is 32.6 Å². The van der Waals surface area contributed by atoms with E-state index in [1.807, 2.05) is 10.6 Å². The molecule has 1 N–H and O–H groups in total. The van der Waals surface area contributed by atoms with Gasteiger partial charge in [-0.2, -0.15) is 0 Å². The second-order valence-corrected chi connectivity index (χ2v) is 10.1. The predicted octanol–water partition coefficient (Wildman–Crippen LogP) is 4.99. The summed E-state index contributed by atoms with van der Waals surface area (Å²) in [5, 5.41) is 3.98. The number of piperidine rings is 1. The van der Waals surface area contributed by atoms with E-state index in [4.69, 9.17) is 32.9 Å². The molecule has 2 aliphatic heterocycles. The lowest BCUT2D eigenvalue weighted by Crippen LogP contribution is -2.44. The Morgan fingerprint density at radius 1 is 1.24 bits per heavy atom. The van der Waals surface area contributed by atoms with Crippen molar-refractivity contribution < 1.29 is 13.9 Å². The Labute approximate surface area is 202 Å². The lowest BCUT2D eigenvalue weighted by atomic mass is 9.95. The van der Waals surface area contributed by atoms with E-state index in [-0.39, 0.29) is 24.3 Å². The third-order valence-corrected chi connectivity index (χ3v) is 7.37. The number of fused-ring (bicyclic) bond motifs is 1. The molecule has 0 spiro atoms. The molecule has 6 nitrogen and oxygen atoms in total. The van der Waals surface area contributed by atoms with E-state index in [0.29, 0.717) is 41.9 Å². The largest absolute Gasteiger partial charge is 0.379 e. The van der Waals surface area contributed by atoms with Crippen molar-refractivity contribution in [2.24, 2.45) is 5.92 Å². The number of rotatable bonds is 4. The van der Waals surface area contributed by atoms with Gasteiger partial charge in [0.15, 0.2) is 0 Å². The van der Waals surface area contributed by atoms with Gasteiger partial charge in [-0.3, -0.25) is 9.36 Å². The summed E-state index contributed by atoms with van der Waals surface area (Å²) in [7, 11) is 0. The lowest BCUT2D eigenvalue weighted by Gasteiger charge is -2.33. The van der Waals surface area contributed by atoms with Crippen LogP contribution in [0, 0.1) is 5.92 Å². The highest BCUT2D eigenvalue weighted by Crippen LogP contribution is 2.38. The van der Waals surface area contributed by atoms with Gasteiger partial charge in [-0.05, 0) is 50.5 Å². The monoisotopic (exact) mass is 492 g/mol. The molecule has 1 aromatic carbocycles. The zero-order valence-electron chi connectivity index (χ0n) is 18.5. The second-order valence-electron chi connectivity index (χ2n) is 9.30. The Bertz CT molecular complexity index is 1130. The van der Waals surface area contributed by atoms with E-state index in [0.717, 1.165) is 36.4 Å². The fourth-order valence-electron chi connectivity index (χ4n) is 4.85. The maximum Gasteiger partial charge on any atom is 0.223 e. The number of halogens is 3. The van der Waals surface area contributed by atoms with E-state index in [1.54, 1.807) is 31.2 Å². The summed E-state index contributed by atoms with van der Waals surface area (Å²) < 4.78 is 22.2. The molecule has 0 radical (unpaired) electrons. The van der Waals surface area contributed by atoms with Gasteiger partial charge in [-0.15, -0.1) is 0 Å². The summed E-state index contributed by atoms with van der Waals surface area (Å²) in [4.78, 5) is 19.7. The summed E-state index contributed by atoms with van der Waals surface area (Å²) in [6.07, 6.45) is 7.78. The first-order valence-electron chi connectivity index (χ1n) is 11.4. The fourth-order valence-corrected chi connectivity index (χ4v) is 5.17. The van der Waals surface area contributed by atoms with Crippen LogP contribution in [-0.2, 0) is 9.53 Å². The van der Waals surface area contributed by atoms with Crippen molar-refractivity contribution >= 4 is 51.8 Å². The van der Waals surface area contributed by atoms with Gasteiger partial charge in [0.2, 0.25) is 11.9 Å². The number of hydrogen-bond acceptors (Lipinski definition) is 4. The minimum Gasteiger partial charge on any atom is -0.379 e. The zero-order chi connectivity index (χ0) is 23.2. The van der Waals surface area contributed by atoms with Gasteiger partial charge in [-0.1, -0.05) is 29.3 Å². The smallest absolute Gasteiger partial charge is 0.223 e. The number of hydrogen-bond donors (Lipinski definition) is 1. The van der Waals surface area contributed by atoms with E-state index in [1.165, 1.54) is 0 Å². The van der Waals surface area contributed by atoms with Gasteiger partial charge in [0.05, 0.1) is 33.7 Å². The Hall–Kier alpha value is -2.09. The highest BCUT2D eigenvalue weighted by atomic mass is 35.5. The standard InChI is InChI=1S/C24H27Cl2FN4O2/c1-24(27)7-2-3-17(13-24)31-21-12-19(26)18(25)11-20(21)29-23(31)30-8-4-15(5-9-30)22(32)28-16-6-10-33-14-16/h2-3,7,11-12,15-16H,4-6,8-10,13-14H2,1H3,(H,28,32)/t16-,24?/m1/s1.